The van der Waals surface area contributed by atoms with E-state index in [-0.39, 0.29) is 17.3 Å². The lowest BCUT2D eigenvalue weighted by atomic mass is 10.2. The Hall–Kier alpha value is -2.60. The topological polar surface area (TPSA) is 63.6 Å². The lowest BCUT2D eigenvalue weighted by Crippen LogP contribution is -2.18. The van der Waals surface area contributed by atoms with Crippen molar-refractivity contribution in [3.05, 3.63) is 92.7 Å². The maximum absolute atomic E-state index is 12.1. The number of nitrogens with one attached hydrogen (secondary N) is 1. The lowest BCUT2D eigenvalue weighted by molar-refractivity contribution is 0.0955. The Morgan fingerprint density at radius 2 is 1.93 bits per heavy atom. The summed E-state index contributed by atoms with van der Waals surface area (Å²) in [6, 6.07) is 15.7. The van der Waals surface area contributed by atoms with Gasteiger partial charge in [-0.15, -0.1) is 0 Å². The Balaban J connectivity index is 1.67. The van der Waals surface area contributed by atoms with Crippen molar-refractivity contribution in [2.24, 2.45) is 5.10 Å². The predicted molar refractivity (Wildman–Crippen MR) is 112 cm³/mol. The van der Waals surface area contributed by atoms with Gasteiger partial charge >= 0.3 is 0 Å². The van der Waals surface area contributed by atoms with Crippen LogP contribution in [0.2, 0.25) is 15.2 Å². The summed E-state index contributed by atoms with van der Waals surface area (Å²) in [4.78, 5) is 16.0. The first-order valence-electron chi connectivity index (χ1n) is 8.14. The Labute approximate surface area is 176 Å². The molecule has 1 heterocycles. The second-order valence-corrected chi connectivity index (χ2v) is 6.80. The number of aromatic nitrogens is 1. The van der Waals surface area contributed by atoms with E-state index in [2.05, 4.69) is 15.5 Å². The second kappa shape index (κ2) is 9.55. The van der Waals surface area contributed by atoms with E-state index in [1.165, 1.54) is 12.4 Å². The van der Waals surface area contributed by atoms with E-state index in [1.807, 2.05) is 18.2 Å². The standard InChI is InChI=1S/C20H14Cl3N3O2/c21-15-8-7-14(17(22)10-15)12-28-18-6-2-1-4-13(18)11-25-26-20(27)16-5-3-9-24-19(16)23/h1-11H,12H2,(H,26,27). The van der Waals surface area contributed by atoms with E-state index in [0.29, 0.717) is 21.4 Å². The number of ether oxygens (including phenoxy) is 1. The third-order valence-corrected chi connectivity index (χ3v) is 4.58. The van der Waals surface area contributed by atoms with Gasteiger partial charge in [0.2, 0.25) is 0 Å². The Kier molecular flexibility index (Phi) is 6.87. The van der Waals surface area contributed by atoms with Crippen LogP contribution in [-0.4, -0.2) is 17.1 Å². The van der Waals surface area contributed by atoms with Gasteiger partial charge in [-0.05, 0) is 36.4 Å². The molecule has 2 aromatic carbocycles. The molecule has 0 atom stereocenters. The highest BCUT2D eigenvalue weighted by molar-refractivity contribution is 6.35. The first kappa shape index (κ1) is 20.1. The zero-order chi connectivity index (χ0) is 19.9. The number of hydrogen-bond acceptors (Lipinski definition) is 4. The Morgan fingerprint density at radius 3 is 2.71 bits per heavy atom. The summed E-state index contributed by atoms with van der Waals surface area (Å²) in [5, 5.41) is 5.17. The van der Waals surface area contributed by atoms with Gasteiger partial charge in [-0.2, -0.15) is 5.10 Å². The molecule has 142 valence electrons. The third-order valence-electron chi connectivity index (χ3n) is 3.69. The number of hydrogen-bond donors (Lipinski definition) is 1. The van der Waals surface area contributed by atoms with Crippen LogP contribution in [0.3, 0.4) is 0 Å². The zero-order valence-electron chi connectivity index (χ0n) is 14.4. The monoisotopic (exact) mass is 433 g/mol. The Bertz CT molecular complexity index is 1030. The molecule has 5 nitrogen and oxygen atoms in total. The summed E-state index contributed by atoms with van der Waals surface area (Å²) in [6.07, 6.45) is 2.99. The maximum atomic E-state index is 12.1. The fourth-order valence-electron chi connectivity index (χ4n) is 2.29. The molecule has 1 amide bonds. The van der Waals surface area contributed by atoms with Gasteiger partial charge in [0.05, 0.1) is 11.8 Å². The van der Waals surface area contributed by atoms with Gasteiger partial charge in [-0.1, -0.05) is 53.0 Å². The fraction of sp³-hybridized carbons (Fsp3) is 0.0500. The normalized spacial score (nSPS) is 10.8. The number of carbonyl (C=O) groups is 1. The number of amides is 1. The SMILES string of the molecule is O=C(NN=Cc1ccccc1OCc1ccc(Cl)cc1Cl)c1cccnc1Cl. The number of hydrazone groups is 1. The van der Waals surface area contributed by atoms with Gasteiger partial charge in [0.15, 0.2) is 0 Å². The molecule has 3 aromatic rings. The first-order valence-corrected chi connectivity index (χ1v) is 9.27. The number of carbonyl (C=O) groups excluding carboxylic acids is 1. The molecule has 0 aliphatic carbocycles. The van der Waals surface area contributed by atoms with Gasteiger partial charge in [0.25, 0.3) is 5.91 Å². The van der Waals surface area contributed by atoms with Crippen molar-refractivity contribution in [3.8, 4) is 5.75 Å². The van der Waals surface area contributed by atoms with Crippen molar-refractivity contribution < 1.29 is 9.53 Å². The minimum Gasteiger partial charge on any atom is -0.488 e. The molecule has 0 spiro atoms. The van der Waals surface area contributed by atoms with Crippen LogP contribution in [0.25, 0.3) is 0 Å². The molecule has 0 saturated heterocycles. The summed E-state index contributed by atoms with van der Waals surface area (Å²) in [6.45, 7) is 0.262. The summed E-state index contributed by atoms with van der Waals surface area (Å²) < 4.78 is 5.84. The van der Waals surface area contributed by atoms with Crippen LogP contribution in [0.4, 0.5) is 0 Å². The zero-order valence-corrected chi connectivity index (χ0v) is 16.7. The van der Waals surface area contributed by atoms with E-state index in [9.17, 15) is 4.79 Å². The Morgan fingerprint density at radius 1 is 1.11 bits per heavy atom. The van der Waals surface area contributed by atoms with Crippen molar-refractivity contribution in [1.82, 2.24) is 10.4 Å². The molecule has 1 aromatic heterocycles. The molecule has 8 heteroatoms. The van der Waals surface area contributed by atoms with Crippen molar-refractivity contribution in [2.75, 3.05) is 0 Å². The van der Waals surface area contributed by atoms with Crippen LogP contribution in [0, 0.1) is 0 Å². The fourth-order valence-corrected chi connectivity index (χ4v) is 2.96. The molecule has 0 aliphatic rings. The van der Waals surface area contributed by atoms with Crippen molar-refractivity contribution >= 4 is 46.9 Å². The van der Waals surface area contributed by atoms with Gasteiger partial charge in [0, 0.05) is 27.4 Å². The van der Waals surface area contributed by atoms with E-state index < -0.39 is 5.91 Å². The molecular formula is C20H14Cl3N3O2. The highest BCUT2D eigenvalue weighted by atomic mass is 35.5. The maximum Gasteiger partial charge on any atom is 0.274 e. The van der Waals surface area contributed by atoms with Crippen molar-refractivity contribution in [3.63, 3.8) is 0 Å². The number of nitrogens with zero attached hydrogens (tertiary/aromatic N) is 2. The van der Waals surface area contributed by atoms with Crippen molar-refractivity contribution in [1.29, 1.82) is 0 Å². The van der Waals surface area contributed by atoms with Gasteiger partial charge in [0.1, 0.15) is 17.5 Å². The largest absolute Gasteiger partial charge is 0.488 e. The van der Waals surface area contributed by atoms with Crippen LogP contribution in [0.15, 0.2) is 65.9 Å². The predicted octanol–water partition coefficient (Wildman–Crippen LogP) is 5.38. The van der Waals surface area contributed by atoms with E-state index >= 15 is 0 Å². The molecule has 1 N–H and O–H groups in total. The molecule has 0 bridgehead atoms. The lowest BCUT2D eigenvalue weighted by Gasteiger charge is -2.10. The number of para-hydroxylation sites is 1. The molecule has 0 radical (unpaired) electrons. The number of halogens is 3. The molecule has 0 unspecified atom stereocenters. The van der Waals surface area contributed by atoms with Crippen LogP contribution in [0.5, 0.6) is 5.75 Å². The number of benzene rings is 2. The highest BCUT2D eigenvalue weighted by Gasteiger charge is 2.09. The van der Waals surface area contributed by atoms with Gasteiger partial charge in [-0.3, -0.25) is 4.79 Å². The average Bonchev–Trinajstić information content (AvgIpc) is 2.68. The summed E-state index contributed by atoms with van der Waals surface area (Å²) >= 11 is 18.0. The number of pyridine rings is 1. The molecule has 28 heavy (non-hydrogen) atoms. The average molecular weight is 435 g/mol. The molecule has 0 aliphatic heterocycles. The van der Waals surface area contributed by atoms with E-state index in [4.69, 9.17) is 39.5 Å². The first-order chi connectivity index (χ1) is 13.5. The summed E-state index contributed by atoms with van der Waals surface area (Å²) in [7, 11) is 0. The van der Waals surface area contributed by atoms with E-state index in [0.717, 1.165) is 5.56 Å². The smallest absolute Gasteiger partial charge is 0.274 e. The van der Waals surface area contributed by atoms with Gasteiger partial charge in [-0.25, -0.2) is 10.4 Å². The van der Waals surface area contributed by atoms with Crippen LogP contribution < -0.4 is 10.2 Å². The molecular weight excluding hydrogens is 421 g/mol. The summed E-state index contributed by atoms with van der Waals surface area (Å²) in [5.41, 5.74) is 4.15. The highest BCUT2D eigenvalue weighted by Crippen LogP contribution is 2.24. The minimum atomic E-state index is -0.458. The number of rotatable bonds is 6. The quantitative estimate of drug-likeness (QED) is 0.322. The minimum absolute atomic E-state index is 0.110. The van der Waals surface area contributed by atoms with Crippen LogP contribution in [0.1, 0.15) is 21.5 Å². The molecule has 0 fully saturated rings. The second-order valence-electron chi connectivity index (χ2n) is 5.60. The van der Waals surface area contributed by atoms with Crippen LogP contribution in [-0.2, 0) is 6.61 Å². The third kappa shape index (κ3) is 5.23. The van der Waals surface area contributed by atoms with Crippen LogP contribution >= 0.6 is 34.8 Å². The molecule has 0 saturated carbocycles. The summed E-state index contributed by atoms with van der Waals surface area (Å²) in [5.74, 6) is 0.131. The van der Waals surface area contributed by atoms with E-state index in [1.54, 1.807) is 36.4 Å². The van der Waals surface area contributed by atoms with Crippen molar-refractivity contribution in [2.45, 2.75) is 6.61 Å². The van der Waals surface area contributed by atoms with Gasteiger partial charge < -0.3 is 4.74 Å². The molecule has 3 rings (SSSR count).